The van der Waals surface area contributed by atoms with E-state index in [9.17, 15) is 4.79 Å². The molecule has 2 aromatic rings. The van der Waals surface area contributed by atoms with Crippen molar-refractivity contribution in [2.75, 3.05) is 12.3 Å². The van der Waals surface area contributed by atoms with Crippen molar-refractivity contribution in [1.82, 2.24) is 5.32 Å². The Labute approximate surface area is 119 Å². The van der Waals surface area contributed by atoms with Crippen LogP contribution < -0.4 is 11.1 Å². The van der Waals surface area contributed by atoms with E-state index >= 15 is 0 Å². The van der Waals surface area contributed by atoms with Gasteiger partial charge in [0.1, 0.15) is 0 Å². The van der Waals surface area contributed by atoms with E-state index in [1.807, 2.05) is 56.3 Å². The third-order valence-corrected chi connectivity index (χ3v) is 3.53. The molecule has 0 radical (unpaired) electrons. The molecule has 3 N–H and O–H groups in total. The summed E-state index contributed by atoms with van der Waals surface area (Å²) in [5, 5.41) is 2.96. The van der Waals surface area contributed by atoms with E-state index in [0.717, 1.165) is 28.8 Å². The van der Waals surface area contributed by atoms with Crippen LogP contribution in [0.2, 0.25) is 0 Å². The Bertz CT molecular complexity index is 603. The van der Waals surface area contributed by atoms with Gasteiger partial charge in [0.25, 0.3) is 5.91 Å². The molecule has 0 aliphatic heterocycles. The molecule has 20 heavy (non-hydrogen) atoms. The van der Waals surface area contributed by atoms with Crippen LogP contribution in [0.3, 0.4) is 0 Å². The van der Waals surface area contributed by atoms with Crippen molar-refractivity contribution in [3.05, 3.63) is 64.7 Å². The molecule has 1 amide bonds. The standard InChI is InChI=1S/C17H20N2O/c1-12-4-3-5-16(13(12)2)17(20)19-11-10-14-6-8-15(18)9-7-14/h3-9H,10-11,18H2,1-2H3,(H,19,20). The second-order valence-electron chi connectivity index (χ2n) is 4.99. The van der Waals surface area contributed by atoms with E-state index in [2.05, 4.69) is 5.32 Å². The van der Waals surface area contributed by atoms with Gasteiger partial charge in [0.05, 0.1) is 0 Å². The molecule has 0 heterocycles. The van der Waals surface area contributed by atoms with Gasteiger partial charge in [-0.15, -0.1) is 0 Å². The maximum absolute atomic E-state index is 12.1. The number of hydrogen-bond donors (Lipinski definition) is 2. The number of benzene rings is 2. The molecule has 0 bridgehead atoms. The number of carbonyl (C=O) groups is 1. The predicted octanol–water partition coefficient (Wildman–Crippen LogP) is 2.86. The Morgan fingerprint density at radius 3 is 2.50 bits per heavy atom. The zero-order chi connectivity index (χ0) is 14.5. The van der Waals surface area contributed by atoms with Crippen LogP contribution in [0.5, 0.6) is 0 Å². The molecule has 3 nitrogen and oxygen atoms in total. The Morgan fingerprint density at radius 1 is 1.10 bits per heavy atom. The number of carbonyl (C=O) groups excluding carboxylic acids is 1. The molecule has 2 aromatic carbocycles. The lowest BCUT2D eigenvalue weighted by Gasteiger charge is -2.09. The Morgan fingerprint density at radius 2 is 1.80 bits per heavy atom. The van der Waals surface area contributed by atoms with Crippen LogP contribution in [0.4, 0.5) is 5.69 Å². The molecule has 3 heteroatoms. The van der Waals surface area contributed by atoms with Crippen molar-refractivity contribution >= 4 is 11.6 Å². The maximum Gasteiger partial charge on any atom is 0.251 e. The second kappa shape index (κ2) is 6.24. The molecule has 0 aliphatic carbocycles. The van der Waals surface area contributed by atoms with E-state index in [0.29, 0.717) is 6.54 Å². The summed E-state index contributed by atoms with van der Waals surface area (Å²) in [6.07, 6.45) is 0.802. The van der Waals surface area contributed by atoms with Crippen molar-refractivity contribution < 1.29 is 4.79 Å². The summed E-state index contributed by atoms with van der Waals surface area (Å²) in [7, 11) is 0. The number of nitrogen functional groups attached to an aromatic ring is 1. The molecule has 104 valence electrons. The number of aryl methyl sites for hydroxylation is 1. The molecule has 0 spiro atoms. The highest BCUT2D eigenvalue weighted by molar-refractivity contribution is 5.95. The van der Waals surface area contributed by atoms with E-state index in [4.69, 9.17) is 5.73 Å². The van der Waals surface area contributed by atoms with Gasteiger partial charge in [0.15, 0.2) is 0 Å². The first-order valence-corrected chi connectivity index (χ1v) is 6.77. The first-order chi connectivity index (χ1) is 9.58. The summed E-state index contributed by atoms with van der Waals surface area (Å²) in [4.78, 5) is 12.1. The van der Waals surface area contributed by atoms with Crippen LogP contribution in [-0.4, -0.2) is 12.5 Å². The Hall–Kier alpha value is -2.29. The molecule has 2 rings (SSSR count). The zero-order valence-corrected chi connectivity index (χ0v) is 11.9. The van der Waals surface area contributed by atoms with Crippen LogP contribution in [0.1, 0.15) is 27.0 Å². The summed E-state index contributed by atoms with van der Waals surface area (Å²) in [6.45, 7) is 4.61. The molecule has 0 saturated carbocycles. The summed E-state index contributed by atoms with van der Waals surface area (Å²) in [6, 6.07) is 13.5. The summed E-state index contributed by atoms with van der Waals surface area (Å²) < 4.78 is 0. The lowest BCUT2D eigenvalue weighted by Crippen LogP contribution is -2.26. The molecule has 0 aliphatic rings. The molecule has 0 fully saturated rings. The lowest BCUT2D eigenvalue weighted by molar-refractivity contribution is 0.0953. The highest BCUT2D eigenvalue weighted by Crippen LogP contribution is 2.12. The fraction of sp³-hybridized carbons (Fsp3) is 0.235. The number of hydrogen-bond acceptors (Lipinski definition) is 2. The van der Waals surface area contributed by atoms with E-state index in [1.165, 1.54) is 5.56 Å². The number of nitrogens with one attached hydrogen (secondary N) is 1. The van der Waals surface area contributed by atoms with Crippen molar-refractivity contribution in [3.63, 3.8) is 0 Å². The summed E-state index contributed by atoms with van der Waals surface area (Å²) in [5.74, 6) is -0.0124. The minimum Gasteiger partial charge on any atom is -0.399 e. The van der Waals surface area contributed by atoms with Gasteiger partial charge in [-0.2, -0.15) is 0 Å². The van der Waals surface area contributed by atoms with Crippen LogP contribution in [0.15, 0.2) is 42.5 Å². The normalized spacial score (nSPS) is 10.3. The average molecular weight is 268 g/mol. The summed E-state index contributed by atoms with van der Waals surface area (Å²) in [5.41, 5.74) is 10.5. The quantitative estimate of drug-likeness (QED) is 0.838. The van der Waals surface area contributed by atoms with Crippen molar-refractivity contribution in [2.45, 2.75) is 20.3 Å². The first kappa shape index (κ1) is 14.1. The topological polar surface area (TPSA) is 55.1 Å². The number of amides is 1. The molecule has 0 atom stereocenters. The predicted molar refractivity (Wildman–Crippen MR) is 82.8 cm³/mol. The highest BCUT2D eigenvalue weighted by Gasteiger charge is 2.09. The third-order valence-electron chi connectivity index (χ3n) is 3.53. The average Bonchev–Trinajstić information content (AvgIpc) is 2.44. The second-order valence-corrected chi connectivity index (χ2v) is 4.99. The van der Waals surface area contributed by atoms with Crippen LogP contribution in [0, 0.1) is 13.8 Å². The highest BCUT2D eigenvalue weighted by atomic mass is 16.1. The molecule has 0 aromatic heterocycles. The van der Waals surface area contributed by atoms with Crippen molar-refractivity contribution in [3.8, 4) is 0 Å². The van der Waals surface area contributed by atoms with Crippen LogP contribution in [0.25, 0.3) is 0 Å². The zero-order valence-electron chi connectivity index (χ0n) is 11.9. The number of nitrogens with two attached hydrogens (primary N) is 1. The SMILES string of the molecule is Cc1cccc(C(=O)NCCc2ccc(N)cc2)c1C. The van der Waals surface area contributed by atoms with Gasteiger partial charge >= 0.3 is 0 Å². The minimum absolute atomic E-state index is 0.0124. The van der Waals surface area contributed by atoms with E-state index < -0.39 is 0 Å². The molecule has 0 unspecified atom stereocenters. The Kier molecular flexibility index (Phi) is 4.41. The van der Waals surface area contributed by atoms with Gasteiger partial charge < -0.3 is 11.1 Å². The van der Waals surface area contributed by atoms with Gasteiger partial charge in [-0.25, -0.2) is 0 Å². The van der Waals surface area contributed by atoms with Gasteiger partial charge in [-0.05, 0) is 55.2 Å². The maximum atomic E-state index is 12.1. The van der Waals surface area contributed by atoms with Crippen LogP contribution >= 0.6 is 0 Å². The fourth-order valence-corrected chi connectivity index (χ4v) is 2.10. The van der Waals surface area contributed by atoms with Gasteiger partial charge in [-0.1, -0.05) is 24.3 Å². The molecular formula is C17H20N2O. The van der Waals surface area contributed by atoms with Crippen molar-refractivity contribution in [1.29, 1.82) is 0 Å². The van der Waals surface area contributed by atoms with Crippen LogP contribution in [-0.2, 0) is 6.42 Å². The third kappa shape index (κ3) is 3.38. The van der Waals surface area contributed by atoms with E-state index in [1.54, 1.807) is 0 Å². The number of rotatable bonds is 4. The number of anilines is 1. The Balaban J connectivity index is 1.92. The van der Waals surface area contributed by atoms with Gasteiger partial charge in [-0.3, -0.25) is 4.79 Å². The smallest absolute Gasteiger partial charge is 0.251 e. The lowest BCUT2D eigenvalue weighted by atomic mass is 10.0. The van der Waals surface area contributed by atoms with Crippen molar-refractivity contribution in [2.24, 2.45) is 0 Å². The van der Waals surface area contributed by atoms with E-state index in [-0.39, 0.29) is 5.91 Å². The largest absolute Gasteiger partial charge is 0.399 e. The minimum atomic E-state index is -0.0124. The fourth-order valence-electron chi connectivity index (χ4n) is 2.10. The molecular weight excluding hydrogens is 248 g/mol. The first-order valence-electron chi connectivity index (χ1n) is 6.77. The monoisotopic (exact) mass is 268 g/mol. The summed E-state index contributed by atoms with van der Waals surface area (Å²) >= 11 is 0. The van der Waals surface area contributed by atoms with Gasteiger partial charge in [0, 0.05) is 17.8 Å². The van der Waals surface area contributed by atoms with Gasteiger partial charge in [0.2, 0.25) is 0 Å². The molecule has 0 saturated heterocycles.